The number of nitro benzene ring substituents is 1. The van der Waals surface area contributed by atoms with Crippen molar-refractivity contribution in [2.75, 3.05) is 6.16 Å². The van der Waals surface area contributed by atoms with E-state index in [2.05, 4.69) is 5.32 Å². The minimum Gasteiger partial charge on any atom is -0.480 e. The number of aliphatic carboxylic acids is 1. The molecule has 0 spiro atoms. The topological polar surface area (TPSA) is 156 Å². The van der Waals surface area contributed by atoms with Crippen LogP contribution in [0.4, 0.5) is 5.69 Å². The second kappa shape index (κ2) is 8.42. The summed E-state index contributed by atoms with van der Waals surface area (Å²) in [7, 11) is -4.03. The zero-order valence-electron chi connectivity index (χ0n) is 12.7. The average Bonchev–Trinajstić information content (AvgIpc) is 2.46. The second-order valence-electron chi connectivity index (χ2n) is 4.93. The van der Waals surface area contributed by atoms with E-state index < -0.39 is 30.4 Å². The Morgan fingerprint density at radius 1 is 1.38 bits per heavy atom. The number of amides is 1. The van der Waals surface area contributed by atoms with Crippen LogP contribution in [0.25, 0.3) is 0 Å². The molecule has 1 amide bonds. The first kappa shape index (κ1) is 19.6. The SMILES string of the molecule is CC(NC(=O)CCCP(=O)(O)Oc1ccc([N+](=O)[O-])cc1)C(=O)O. The van der Waals surface area contributed by atoms with Crippen molar-refractivity contribution in [3.63, 3.8) is 0 Å². The van der Waals surface area contributed by atoms with E-state index >= 15 is 0 Å². The molecule has 132 valence electrons. The molecule has 0 aliphatic rings. The summed E-state index contributed by atoms with van der Waals surface area (Å²) < 4.78 is 16.8. The van der Waals surface area contributed by atoms with Crippen molar-refractivity contribution in [1.29, 1.82) is 0 Å². The van der Waals surface area contributed by atoms with E-state index in [9.17, 15) is 29.2 Å². The number of nitrogens with zero attached hydrogens (tertiary/aromatic N) is 1. The Labute approximate surface area is 137 Å². The van der Waals surface area contributed by atoms with Crippen LogP contribution in [0.5, 0.6) is 5.75 Å². The van der Waals surface area contributed by atoms with Crippen LogP contribution in [-0.4, -0.2) is 39.0 Å². The zero-order chi connectivity index (χ0) is 18.3. The molecule has 2 unspecified atom stereocenters. The standard InChI is InChI=1S/C13H17N2O8P/c1-9(13(17)18)14-12(16)3-2-8-24(21,22)23-11-6-4-10(5-7-11)15(19)20/h4-7,9H,2-3,8H2,1H3,(H,14,16)(H,17,18)(H,21,22). The van der Waals surface area contributed by atoms with Gasteiger partial charge in [0.05, 0.1) is 11.1 Å². The summed E-state index contributed by atoms with van der Waals surface area (Å²) in [5.41, 5.74) is -0.181. The van der Waals surface area contributed by atoms with Crippen molar-refractivity contribution >= 4 is 25.2 Å². The fourth-order valence-electron chi connectivity index (χ4n) is 1.65. The van der Waals surface area contributed by atoms with Gasteiger partial charge in [0.25, 0.3) is 5.69 Å². The molecule has 0 heterocycles. The number of nitro groups is 1. The van der Waals surface area contributed by atoms with Crippen molar-refractivity contribution in [3.8, 4) is 5.75 Å². The summed E-state index contributed by atoms with van der Waals surface area (Å²) in [6.07, 6.45) is -0.441. The summed E-state index contributed by atoms with van der Waals surface area (Å²) in [6.45, 7) is 1.30. The number of non-ortho nitro benzene ring substituents is 1. The van der Waals surface area contributed by atoms with Crippen molar-refractivity contribution in [2.24, 2.45) is 0 Å². The number of carboxylic acid groups (broad SMARTS) is 1. The molecule has 0 bridgehead atoms. The molecule has 0 saturated heterocycles. The number of nitrogens with one attached hydrogen (secondary N) is 1. The molecule has 3 N–H and O–H groups in total. The van der Waals surface area contributed by atoms with E-state index in [0.717, 1.165) is 12.1 Å². The Morgan fingerprint density at radius 2 is 1.96 bits per heavy atom. The van der Waals surface area contributed by atoms with E-state index in [4.69, 9.17) is 9.63 Å². The van der Waals surface area contributed by atoms with Gasteiger partial charge in [-0.2, -0.15) is 0 Å². The van der Waals surface area contributed by atoms with E-state index in [1.807, 2.05) is 0 Å². The molecule has 0 aliphatic heterocycles. The molecule has 1 rings (SSSR count). The van der Waals surface area contributed by atoms with Gasteiger partial charge in [0, 0.05) is 18.6 Å². The Hall–Kier alpha value is -2.45. The molecule has 2 atom stereocenters. The highest BCUT2D eigenvalue weighted by Crippen LogP contribution is 2.43. The third-order valence-electron chi connectivity index (χ3n) is 2.89. The van der Waals surface area contributed by atoms with E-state index in [0.29, 0.717) is 0 Å². The number of hydrogen-bond acceptors (Lipinski definition) is 6. The lowest BCUT2D eigenvalue weighted by atomic mass is 10.3. The molecule has 1 aromatic rings. The lowest BCUT2D eigenvalue weighted by Crippen LogP contribution is -2.38. The maximum Gasteiger partial charge on any atom is 0.376 e. The van der Waals surface area contributed by atoms with Gasteiger partial charge < -0.3 is 19.8 Å². The van der Waals surface area contributed by atoms with Gasteiger partial charge in [-0.15, -0.1) is 0 Å². The van der Waals surface area contributed by atoms with Gasteiger partial charge in [0.15, 0.2) is 0 Å². The molecular formula is C13H17N2O8P. The number of carbonyl (C=O) groups excluding carboxylic acids is 1. The van der Waals surface area contributed by atoms with Gasteiger partial charge in [-0.05, 0) is 25.5 Å². The number of benzene rings is 1. The first-order valence-corrected chi connectivity index (χ1v) is 8.65. The highest BCUT2D eigenvalue weighted by Gasteiger charge is 2.22. The summed E-state index contributed by atoms with van der Waals surface area (Å²) in [6, 6.07) is 3.62. The van der Waals surface area contributed by atoms with Gasteiger partial charge in [-0.1, -0.05) is 0 Å². The lowest BCUT2D eigenvalue weighted by molar-refractivity contribution is -0.384. The molecule has 0 aliphatic carbocycles. The molecule has 1 aromatic carbocycles. The van der Waals surface area contributed by atoms with Gasteiger partial charge in [0.1, 0.15) is 11.8 Å². The maximum atomic E-state index is 11.9. The van der Waals surface area contributed by atoms with Gasteiger partial charge in [-0.25, -0.2) is 4.57 Å². The molecule has 10 nitrogen and oxygen atoms in total. The van der Waals surface area contributed by atoms with Crippen molar-refractivity contribution in [3.05, 3.63) is 34.4 Å². The predicted octanol–water partition coefficient (Wildman–Crippen LogP) is 1.53. The normalized spacial score (nSPS) is 14.2. The highest BCUT2D eigenvalue weighted by atomic mass is 31.2. The van der Waals surface area contributed by atoms with Crippen LogP contribution in [0.2, 0.25) is 0 Å². The second-order valence-corrected chi connectivity index (χ2v) is 6.84. The van der Waals surface area contributed by atoms with Crippen LogP contribution in [0.1, 0.15) is 19.8 Å². The third-order valence-corrected chi connectivity index (χ3v) is 4.27. The van der Waals surface area contributed by atoms with Crippen LogP contribution in [-0.2, 0) is 14.2 Å². The largest absolute Gasteiger partial charge is 0.480 e. The highest BCUT2D eigenvalue weighted by molar-refractivity contribution is 7.53. The zero-order valence-corrected chi connectivity index (χ0v) is 13.6. The molecular weight excluding hydrogens is 343 g/mol. The van der Waals surface area contributed by atoms with E-state index in [1.165, 1.54) is 19.1 Å². The van der Waals surface area contributed by atoms with Crippen LogP contribution in [0.15, 0.2) is 24.3 Å². The lowest BCUT2D eigenvalue weighted by Gasteiger charge is -2.13. The first-order valence-electron chi connectivity index (χ1n) is 6.89. The van der Waals surface area contributed by atoms with E-state index in [1.54, 1.807) is 0 Å². The predicted molar refractivity (Wildman–Crippen MR) is 82.9 cm³/mol. The van der Waals surface area contributed by atoms with Crippen molar-refractivity contribution in [1.82, 2.24) is 5.32 Å². The Balaban J connectivity index is 2.46. The minimum absolute atomic E-state index is 0.00427. The van der Waals surface area contributed by atoms with Gasteiger partial charge in [0.2, 0.25) is 5.91 Å². The van der Waals surface area contributed by atoms with Crippen LogP contribution in [0.3, 0.4) is 0 Å². The maximum absolute atomic E-state index is 11.9. The summed E-state index contributed by atoms with van der Waals surface area (Å²) in [4.78, 5) is 41.6. The molecule has 0 radical (unpaired) electrons. The van der Waals surface area contributed by atoms with Crippen LogP contribution in [0, 0.1) is 10.1 Å². The summed E-state index contributed by atoms with van der Waals surface area (Å²) in [5, 5.41) is 21.4. The van der Waals surface area contributed by atoms with Crippen LogP contribution >= 0.6 is 7.60 Å². The molecule has 0 saturated carbocycles. The number of rotatable bonds is 9. The van der Waals surface area contributed by atoms with Crippen molar-refractivity contribution < 1.29 is 33.6 Å². The van der Waals surface area contributed by atoms with E-state index in [-0.39, 0.29) is 30.4 Å². The first-order chi connectivity index (χ1) is 11.1. The minimum atomic E-state index is -4.03. The van der Waals surface area contributed by atoms with Gasteiger partial charge in [-0.3, -0.25) is 19.7 Å². The van der Waals surface area contributed by atoms with Crippen molar-refractivity contribution in [2.45, 2.75) is 25.8 Å². The fourth-order valence-corrected chi connectivity index (χ4v) is 2.75. The van der Waals surface area contributed by atoms with Gasteiger partial charge >= 0.3 is 13.6 Å². The number of hydrogen-bond donors (Lipinski definition) is 3. The summed E-state index contributed by atoms with van der Waals surface area (Å²) >= 11 is 0. The molecule has 24 heavy (non-hydrogen) atoms. The molecule has 11 heteroatoms. The quantitative estimate of drug-likeness (QED) is 0.340. The van der Waals surface area contributed by atoms with Crippen LogP contribution < -0.4 is 9.84 Å². The Morgan fingerprint density at radius 3 is 2.46 bits per heavy atom. The molecule has 0 fully saturated rings. The smallest absolute Gasteiger partial charge is 0.376 e. The molecule has 0 aromatic heterocycles. The Bertz CT molecular complexity index is 660. The number of carboxylic acids is 1. The summed E-state index contributed by atoms with van der Waals surface area (Å²) in [5.74, 6) is -1.74. The monoisotopic (exact) mass is 360 g/mol. The fraction of sp³-hybridized carbons (Fsp3) is 0.385. The third kappa shape index (κ3) is 6.76. The Kier molecular flexibility index (Phi) is 6.87. The average molecular weight is 360 g/mol. The number of carbonyl (C=O) groups is 2.